The summed E-state index contributed by atoms with van der Waals surface area (Å²) in [7, 11) is 0.232. The lowest BCUT2D eigenvalue weighted by Gasteiger charge is -2.65. The third-order valence-corrected chi connectivity index (χ3v) is 14.1. The third-order valence-electron chi connectivity index (χ3n) is 9.77. The van der Waals surface area contributed by atoms with Crippen LogP contribution in [-0.4, -0.2) is 16.5 Å². The summed E-state index contributed by atoms with van der Waals surface area (Å²) in [6, 6.07) is 0. The zero-order valence-electron chi connectivity index (χ0n) is 17.6. The Hall–Kier alpha value is 0.430. The molecule has 0 nitrogen and oxygen atoms in total. The van der Waals surface area contributed by atoms with Crippen LogP contribution in [-0.2, 0) is 0 Å². The van der Waals surface area contributed by atoms with Crippen molar-refractivity contribution in [2.45, 2.75) is 120 Å². The molecule has 0 aromatic rings. The highest BCUT2D eigenvalue weighted by molar-refractivity contribution is 7.61. The van der Waals surface area contributed by atoms with Crippen molar-refractivity contribution in [3.63, 3.8) is 0 Å². The molecule has 6 bridgehead atoms. The van der Waals surface area contributed by atoms with E-state index in [1.54, 1.807) is 83.2 Å². The van der Waals surface area contributed by atoms with Crippen LogP contribution in [0.1, 0.15) is 110 Å². The second-order valence-corrected chi connectivity index (χ2v) is 14.7. The van der Waals surface area contributed by atoms with E-state index in [1.807, 2.05) is 0 Å². The van der Waals surface area contributed by atoms with E-state index in [-0.39, 0.29) is 7.92 Å². The maximum Gasteiger partial charge on any atom is -0.00815 e. The lowest BCUT2D eigenvalue weighted by molar-refractivity contribution is 0.0329. The minimum Gasteiger partial charge on any atom is -0.0939 e. The van der Waals surface area contributed by atoms with Crippen LogP contribution in [0.15, 0.2) is 0 Å². The predicted molar refractivity (Wildman–Crippen MR) is 115 cm³/mol. The predicted octanol–water partition coefficient (Wildman–Crippen LogP) is 7.99. The molecule has 148 valence electrons. The van der Waals surface area contributed by atoms with Gasteiger partial charge in [0.15, 0.2) is 0 Å². The van der Waals surface area contributed by atoms with Crippen LogP contribution in [0.25, 0.3) is 0 Å². The summed E-state index contributed by atoms with van der Waals surface area (Å²) < 4.78 is 0. The molecule has 0 aliphatic heterocycles. The highest BCUT2D eigenvalue weighted by Crippen LogP contribution is 2.76. The molecule has 0 amide bonds. The van der Waals surface area contributed by atoms with Crippen molar-refractivity contribution in [3.05, 3.63) is 0 Å². The van der Waals surface area contributed by atoms with E-state index in [0.717, 1.165) is 39.9 Å². The Morgan fingerprint density at radius 3 is 1.77 bits per heavy atom. The Bertz CT molecular complexity index is 461. The molecule has 6 aliphatic carbocycles. The Labute approximate surface area is 164 Å². The molecule has 0 heterocycles. The van der Waals surface area contributed by atoms with Crippen molar-refractivity contribution >= 4 is 7.92 Å². The highest BCUT2D eigenvalue weighted by Gasteiger charge is 2.59. The molecular formula is C25H43P. The first-order chi connectivity index (χ1) is 12.6. The minimum atomic E-state index is 0.232. The fourth-order valence-electron chi connectivity index (χ4n) is 9.32. The van der Waals surface area contributed by atoms with Gasteiger partial charge in [-0.15, -0.1) is 0 Å². The molecule has 1 heteroatoms. The van der Waals surface area contributed by atoms with E-state index >= 15 is 0 Å². The van der Waals surface area contributed by atoms with Crippen molar-refractivity contribution in [1.82, 2.24) is 0 Å². The number of fused-ring (bicyclic) bond motifs is 2. The van der Waals surface area contributed by atoms with E-state index in [1.165, 1.54) is 19.3 Å². The normalized spacial score (nSPS) is 50.8. The van der Waals surface area contributed by atoms with Gasteiger partial charge in [0.05, 0.1) is 0 Å². The Balaban J connectivity index is 1.48. The van der Waals surface area contributed by atoms with Gasteiger partial charge in [-0.05, 0) is 117 Å². The quantitative estimate of drug-likeness (QED) is 0.413. The third kappa shape index (κ3) is 3.04. The lowest BCUT2D eigenvalue weighted by Crippen LogP contribution is -2.54. The van der Waals surface area contributed by atoms with Crippen LogP contribution in [0.4, 0.5) is 0 Å². The van der Waals surface area contributed by atoms with Crippen molar-refractivity contribution in [2.24, 2.45) is 29.6 Å². The Kier molecular flexibility index (Phi) is 5.00. The SMILES string of the molecule is CCCCP(C12CC3CC(CC(C3)C1)C2)[C@]1(CC)CC2CCC[C@H](C2)C1. The maximum absolute atomic E-state index is 2.61. The number of unbranched alkanes of at least 4 members (excludes halogenated alkanes) is 1. The van der Waals surface area contributed by atoms with Crippen molar-refractivity contribution in [3.8, 4) is 0 Å². The lowest BCUT2D eigenvalue weighted by atomic mass is 9.56. The Morgan fingerprint density at radius 2 is 1.27 bits per heavy atom. The molecule has 26 heavy (non-hydrogen) atoms. The summed E-state index contributed by atoms with van der Waals surface area (Å²) in [5.74, 6) is 5.66. The largest absolute Gasteiger partial charge is 0.0939 e. The van der Waals surface area contributed by atoms with Crippen LogP contribution in [0.5, 0.6) is 0 Å². The molecule has 0 saturated heterocycles. The van der Waals surface area contributed by atoms with Crippen LogP contribution >= 0.6 is 7.92 Å². The minimum absolute atomic E-state index is 0.232. The molecule has 6 fully saturated rings. The van der Waals surface area contributed by atoms with Gasteiger partial charge in [-0.1, -0.05) is 47.5 Å². The number of rotatable bonds is 6. The average molecular weight is 375 g/mol. The van der Waals surface area contributed by atoms with Crippen LogP contribution in [0, 0.1) is 29.6 Å². The Morgan fingerprint density at radius 1 is 0.731 bits per heavy atom. The van der Waals surface area contributed by atoms with Gasteiger partial charge in [-0.25, -0.2) is 0 Å². The van der Waals surface area contributed by atoms with E-state index in [2.05, 4.69) is 13.8 Å². The average Bonchev–Trinajstić information content (AvgIpc) is 2.60. The zero-order chi connectivity index (χ0) is 17.8. The van der Waals surface area contributed by atoms with Gasteiger partial charge in [-0.2, -0.15) is 0 Å². The fraction of sp³-hybridized carbons (Fsp3) is 1.00. The second kappa shape index (κ2) is 7.04. The van der Waals surface area contributed by atoms with Gasteiger partial charge >= 0.3 is 0 Å². The molecule has 0 aromatic carbocycles. The highest BCUT2D eigenvalue weighted by atomic mass is 31.1. The van der Waals surface area contributed by atoms with Crippen LogP contribution in [0.2, 0.25) is 0 Å². The van der Waals surface area contributed by atoms with E-state index in [4.69, 9.17) is 0 Å². The topological polar surface area (TPSA) is 0 Å². The van der Waals surface area contributed by atoms with Gasteiger partial charge in [0.25, 0.3) is 0 Å². The van der Waals surface area contributed by atoms with Gasteiger partial charge < -0.3 is 0 Å². The molecule has 0 radical (unpaired) electrons. The van der Waals surface area contributed by atoms with Gasteiger partial charge in [0, 0.05) is 0 Å². The van der Waals surface area contributed by atoms with E-state index in [0.29, 0.717) is 0 Å². The standard InChI is InChI=1S/C25H43P/c1-3-5-9-26(24(4-2)14-19-7-6-8-20(10-19)15-24)25-16-21-11-22(17-25)13-23(12-21)18-25/h19-23H,3-18H2,1-2H3/t19-,20?,21?,22?,23?,24+,25?,26?/m1/s1. The summed E-state index contributed by atoms with van der Waals surface area (Å²) >= 11 is 0. The molecule has 2 unspecified atom stereocenters. The van der Waals surface area contributed by atoms with Gasteiger partial charge in [0.2, 0.25) is 0 Å². The van der Waals surface area contributed by atoms with E-state index < -0.39 is 0 Å². The fourth-order valence-corrected chi connectivity index (χ4v) is 14.7. The summed E-state index contributed by atoms with van der Waals surface area (Å²) in [4.78, 5) is 0. The molecule has 6 saturated carbocycles. The summed E-state index contributed by atoms with van der Waals surface area (Å²) in [6.45, 7) is 5.06. The molecule has 4 atom stereocenters. The van der Waals surface area contributed by atoms with Gasteiger partial charge in [-0.3, -0.25) is 0 Å². The first-order valence-corrected chi connectivity index (χ1v) is 13.9. The second-order valence-electron chi connectivity index (χ2n) is 11.5. The number of hydrogen-bond acceptors (Lipinski definition) is 0. The number of hydrogen-bond donors (Lipinski definition) is 0. The first kappa shape index (κ1) is 18.5. The molecular weight excluding hydrogens is 331 g/mol. The maximum atomic E-state index is 2.61. The zero-order valence-corrected chi connectivity index (χ0v) is 18.5. The van der Waals surface area contributed by atoms with Crippen molar-refractivity contribution < 1.29 is 0 Å². The van der Waals surface area contributed by atoms with Crippen molar-refractivity contribution in [1.29, 1.82) is 0 Å². The first-order valence-electron chi connectivity index (χ1n) is 12.4. The molecule has 6 rings (SSSR count). The van der Waals surface area contributed by atoms with Crippen LogP contribution < -0.4 is 0 Å². The van der Waals surface area contributed by atoms with Crippen LogP contribution in [0.3, 0.4) is 0 Å². The monoisotopic (exact) mass is 374 g/mol. The van der Waals surface area contributed by atoms with Crippen molar-refractivity contribution in [2.75, 3.05) is 6.16 Å². The molecule has 0 spiro atoms. The molecule has 6 aliphatic rings. The smallest absolute Gasteiger partial charge is 0.00815 e. The molecule has 0 N–H and O–H groups in total. The molecule has 0 aromatic heterocycles. The van der Waals surface area contributed by atoms with E-state index in [9.17, 15) is 0 Å². The summed E-state index contributed by atoms with van der Waals surface area (Å²) in [5, 5.41) is 1.64. The van der Waals surface area contributed by atoms with Gasteiger partial charge in [0.1, 0.15) is 0 Å². The summed E-state index contributed by atoms with van der Waals surface area (Å²) in [6.07, 6.45) is 25.6. The summed E-state index contributed by atoms with van der Waals surface area (Å²) in [5.41, 5.74) is 0.